The summed E-state index contributed by atoms with van der Waals surface area (Å²) in [4.78, 5) is 10.8. The average molecular weight is 206 g/mol. The van der Waals surface area contributed by atoms with Crippen molar-refractivity contribution in [1.82, 2.24) is 5.48 Å². The summed E-state index contributed by atoms with van der Waals surface area (Å²) in [5.74, 6) is 0.141. The third-order valence-corrected chi connectivity index (χ3v) is 1.45. The van der Waals surface area contributed by atoms with Crippen molar-refractivity contribution in [1.29, 1.82) is 0 Å². The van der Waals surface area contributed by atoms with Gasteiger partial charge in [0.15, 0.2) is 0 Å². The van der Waals surface area contributed by atoms with Crippen LogP contribution in [0.3, 0.4) is 0 Å². The van der Waals surface area contributed by atoms with Crippen LogP contribution in [0.4, 0.5) is 0 Å². The zero-order valence-electron chi connectivity index (χ0n) is 7.57. The summed E-state index contributed by atoms with van der Waals surface area (Å²) in [5, 5.41) is 8.28. The van der Waals surface area contributed by atoms with E-state index in [4.69, 9.17) is 9.94 Å². The van der Waals surface area contributed by atoms with E-state index in [1.54, 1.807) is 31.4 Å². The molecule has 4 nitrogen and oxygen atoms in total. The molecule has 1 aromatic rings. The van der Waals surface area contributed by atoms with Gasteiger partial charge in [-0.25, -0.2) is 5.48 Å². The van der Waals surface area contributed by atoms with E-state index in [9.17, 15) is 4.79 Å². The van der Waals surface area contributed by atoms with Gasteiger partial charge in [-0.2, -0.15) is 0 Å². The van der Waals surface area contributed by atoms with Crippen molar-refractivity contribution in [2.75, 3.05) is 7.11 Å². The number of carbonyl (C=O) groups excluding carboxylic acids is 1. The Morgan fingerprint density at radius 2 is 1.92 bits per heavy atom. The van der Waals surface area contributed by atoms with E-state index >= 15 is 0 Å². The molecule has 1 amide bonds. The van der Waals surface area contributed by atoms with Crippen molar-refractivity contribution in [2.45, 2.75) is 0 Å². The standard InChI is InChI=1S/C8H9NO3.K/c1-12-7-4-2-6(3-5-7)8(10)9-11;/h2-5,11H,1H3,(H,9,10);/q;+1. The van der Waals surface area contributed by atoms with Gasteiger partial charge in [-0.15, -0.1) is 0 Å². The Kier molecular flexibility index (Phi) is 6.57. The van der Waals surface area contributed by atoms with Crippen molar-refractivity contribution in [3.05, 3.63) is 29.8 Å². The SMILES string of the molecule is COc1ccc(C(=O)NO)cc1.[K+]. The van der Waals surface area contributed by atoms with Crippen LogP contribution in [0, 0.1) is 0 Å². The molecule has 0 saturated carbocycles. The number of amides is 1. The molecule has 5 heteroatoms. The summed E-state index contributed by atoms with van der Waals surface area (Å²) in [6.07, 6.45) is 0. The normalized spacial score (nSPS) is 8.46. The maximum absolute atomic E-state index is 10.8. The van der Waals surface area contributed by atoms with Crippen molar-refractivity contribution in [3.8, 4) is 5.75 Å². The molecule has 0 radical (unpaired) electrons. The van der Waals surface area contributed by atoms with E-state index in [1.165, 1.54) is 5.48 Å². The predicted molar refractivity (Wildman–Crippen MR) is 42.2 cm³/mol. The van der Waals surface area contributed by atoms with Crippen LogP contribution < -0.4 is 61.6 Å². The Balaban J connectivity index is 0.00000144. The first-order valence-electron chi connectivity index (χ1n) is 3.36. The van der Waals surface area contributed by atoms with Crippen molar-refractivity contribution >= 4 is 5.91 Å². The van der Waals surface area contributed by atoms with Gasteiger partial charge in [0.25, 0.3) is 5.91 Å². The first kappa shape index (κ1) is 13.1. The number of methoxy groups -OCH3 is 1. The van der Waals surface area contributed by atoms with Gasteiger partial charge in [-0.3, -0.25) is 10.0 Å². The van der Waals surface area contributed by atoms with Gasteiger partial charge in [0.2, 0.25) is 0 Å². The molecule has 0 unspecified atom stereocenters. The van der Waals surface area contributed by atoms with Crippen molar-refractivity contribution < 1.29 is 66.1 Å². The molecule has 0 aromatic heterocycles. The molecular formula is C8H9KNO3+. The van der Waals surface area contributed by atoms with Crippen molar-refractivity contribution in [2.24, 2.45) is 0 Å². The molecule has 2 N–H and O–H groups in total. The number of benzene rings is 1. The van der Waals surface area contributed by atoms with Crippen LogP contribution in [-0.2, 0) is 0 Å². The number of hydroxylamine groups is 1. The summed E-state index contributed by atoms with van der Waals surface area (Å²) < 4.78 is 4.89. The van der Waals surface area contributed by atoms with Crippen LogP contribution in [0.1, 0.15) is 10.4 Å². The predicted octanol–water partition coefficient (Wildman–Crippen LogP) is -2.18. The summed E-state index contributed by atoms with van der Waals surface area (Å²) in [5.41, 5.74) is 1.93. The fourth-order valence-electron chi connectivity index (χ4n) is 0.807. The molecule has 64 valence electrons. The minimum Gasteiger partial charge on any atom is -0.497 e. The van der Waals surface area contributed by atoms with E-state index in [0.717, 1.165) is 0 Å². The van der Waals surface area contributed by atoms with Crippen LogP contribution in [-0.4, -0.2) is 18.2 Å². The Labute approximate surface area is 119 Å². The smallest absolute Gasteiger partial charge is 0.497 e. The topological polar surface area (TPSA) is 58.6 Å². The number of nitrogens with one attached hydrogen (secondary N) is 1. The average Bonchev–Trinajstić information content (AvgIpc) is 2.17. The van der Waals surface area contributed by atoms with Crippen LogP contribution in [0.25, 0.3) is 0 Å². The molecule has 1 rings (SSSR count). The van der Waals surface area contributed by atoms with E-state index in [1.807, 2.05) is 0 Å². The minimum atomic E-state index is -0.530. The van der Waals surface area contributed by atoms with Gasteiger partial charge in [0.05, 0.1) is 7.11 Å². The third-order valence-electron chi connectivity index (χ3n) is 1.45. The fourth-order valence-corrected chi connectivity index (χ4v) is 0.807. The van der Waals surface area contributed by atoms with Gasteiger partial charge >= 0.3 is 51.4 Å². The number of hydrogen-bond acceptors (Lipinski definition) is 3. The molecule has 13 heavy (non-hydrogen) atoms. The van der Waals surface area contributed by atoms with Gasteiger partial charge in [0.1, 0.15) is 5.75 Å². The first-order chi connectivity index (χ1) is 5.77. The van der Waals surface area contributed by atoms with Crippen LogP contribution in [0.15, 0.2) is 24.3 Å². The molecule has 0 saturated heterocycles. The molecule has 0 spiro atoms. The maximum atomic E-state index is 10.8. The molecular weight excluding hydrogens is 197 g/mol. The maximum Gasteiger partial charge on any atom is 1.00 e. The van der Waals surface area contributed by atoms with Crippen LogP contribution in [0.2, 0.25) is 0 Å². The third kappa shape index (κ3) is 3.76. The Hall–Kier alpha value is 0.0864. The zero-order valence-corrected chi connectivity index (χ0v) is 10.7. The molecule has 0 aliphatic carbocycles. The summed E-state index contributed by atoms with van der Waals surface area (Å²) >= 11 is 0. The summed E-state index contributed by atoms with van der Waals surface area (Å²) in [7, 11) is 1.54. The minimum absolute atomic E-state index is 0. The van der Waals surface area contributed by atoms with E-state index in [2.05, 4.69) is 0 Å². The number of ether oxygens (including phenoxy) is 1. The second-order valence-corrected chi connectivity index (χ2v) is 2.17. The molecule has 0 atom stereocenters. The van der Waals surface area contributed by atoms with E-state index < -0.39 is 5.91 Å². The summed E-state index contributed by atoms with van der Waals surface area (Å²) in [6, 6.07) is 6.41. The first-order valence-corrected chi connectivity index (χ1v) is 3.36. The van der Waals surface area contributed by atoms with E-state index in [-0.39, 0.29) is 51.4 Å². The van der Waals surface area contributed by atoms with E-state index in [0.29, 0.717) is 11.3 Å². The Morgan fingerprint density at radius 3 is 2.31 bits per heavy atom. The number of rotatable bonds is 2. The number of carbonyl (C=O) groups is 1. The van der Waals surface area contributed by atoms with Crippen molar-refractivity contribution in [3.63, 3.8) is 0 Å². The van der Waals surface area contributed by atoms with Crippen LogP contribution >= 0.6 is 0 Å². The molecule has 0 bridgehead atoms. The van der Waals surface area contributed by atoms with Crippen LogP contribution in [0.5, 0.6) is 5.75 Å². The summed E-state index contributed by atoms with van der Waals surface area (Å²) in [6.45, 7) is 0. The largest absolute Gasteiger partial charge is 1.00 e. The van der Waals surface area contributed by atoms with Gasteiger partial charge in [-0.1, -0.05) is 0 Å². The molecule has 0 aliphatic heterocycles. The fraction of sp³-hybridized carbons (Fsp3) is 0.125. The second kappa shape index (κ2) is 6.53. The van der Waals surface area contributed by atoms with Gasteiger partial charge < -0.3 is 4.74 Å². The Bertz CT molecular complexity index is 273. The molecule has 0 heterocycles. The second-order valence-electron chi connectivity index (χ2n) is 2.17. The molecule has 0 fully saturated rings. The zero-order chi connectivity index (χ0) is 8.97. The molecule has 1 aromatic carbocycles. The Morgan fingerprint density at radius 1 is 1.38 bits per heavy atom. The molecule has 0 aliphatic rings. The monoisotopic (exact) mass is 206 g/mol. The quantitative estimate of drug-likeness (QED) is 0.328. The number of hydrogen-bond donors (Lipinski definition) is 2. The van der Waals surface area contributed by atoms with Gasteiger partial charge in [0, 0.05) is 5.56 Å². The van der Waals surface area contributed by atoms with Gasteiger partial charge in [-0.05, 0) is 24.3 Å².